The molecule has 0 unspecified atom stereocenters. The minimum atomic E-state index is -4.70. The molecule has 1 aromatic heterocycles. The third kappa shape index (κ3) is 5.39. The summed E-state index contributed by atoms with van der Waals surface area (Å²) in [6.07, 6.45) is -3.13. The van der Waals surface area contributed by atoms with E-state index in [1.54, 1.807) is 0 Å². The van der Waals surface area contributed by atoms with Gasteiger partial charge in [-0.3, -0.25) is 13.9 Å². The molecule has 0 fully saturated rings. The molecule has 2 aromatic carbocycles. The topological polar surface area (TPSA) is 140 Å². The summed E-state index contributed by atoms with van der Waals surface area (Å²) >= 11 is 0. The van der Waals surface area contributed by atoms with E-state index in [0.717, 1.165) is 42.3 Å². The fourth-order valence-corrected chi connectivity index (χ4v) is 4.31. The van der Waals surface area contributed by atoms with E-state index in [2.05, 4.69) is 4.99 Å². The summed E-state index contributed by atoms with van der Waals surface area (Å²) in [6.45, 7) is 1.28. The molecule has 0 aliphatic heterocycles. The van der Waals surface area contributed by atoms with Crippen LogP contribution in [0.4, 0.5) is 18.9 Å². The van der Waals surface area contributed by atoms with Crippen molar-refractivity contribution in [1.82, 2.24) is 9.13 Å². The first kappa shape index (κ1) is 27.2. The number of benzene rings is 2. The van der Waals surface area contributed by atoms with Gasteiger partial charge in [-0.15, -0.1) is 0 Å². The van der Waals surface area contributed by atoms with E-state index in [1.807, 2.05) is 6.07 Å². The first-order valence-electron chi connectivity index (χ1n) is 10.4. The first-order valence-corrected chi connectivity index (χ1v) is 12.3. The Morgan fingerprint density at radius 1 is 1.14 bits per heavy atom. The number of hydrogen-bond donors (Lipinski definition) is 1. The molecule has 0 aliphatic rings. The second-order valence-electron chi connectivity index (χ2n) is 7.91. The average molecular weight is 532 g/mol. The van der Waals surface area contributed by atoms with Gasteiger partial charge in [-0.1, -0.05) is 6.07 Å². The molecule has 0 spiro atoms. The highest BCUT2D eigenvalue weighted by Crippen LogP contribution is 2.30. The standard InChI is InChI=1S/C24H20F3N5O4S/c1-14-20(21(19(13-29)37(3,35)36)30-17-9-7-15(12-28)8-10-17)22(33)31(2)23(34)32(14)18-6-4-5-16(11-18)24(25,26)27/h4-11,13H,29H2,1-3H3. The van der Waals surface area contributed by atoms with Crippen molar-refractivity contribution in [2.45, 2.75) is 13.1 Å². The molecular formula is C24H20F3N5O4S. The summed E-state index contributed by atoms with van der Waals surface area (Å²) in [7, 11) is -2.99. The number of alkyl halides is 3. The van der Waals surface area contributed by atoms with E-state index in [0.29, 0.717) is 10.1 Å². The maximum absolute atomic E-state index is 13.3. The van der Waals surface area contributed by atoms with E-state index < -0.39 is 43.4 Å². The zero-order chi connectivity index (χ0) is 27.7. The highest BCUT2D eigenvalue weighted by atomic mass is 32.2. The molecule has 3 aromatic rings. The van der Waals surface area contributed by atoms with Gasteiger partial charge in [0.05, 0.1) is 39.8 Å². The number of allylic oxidation sites excluding steroid dienone is 1. The van der Waals surface area contributed by atoms with E-state index in [9.17, 15) is 31.2 Å². The maximum atomic E-state index is 13.3. The molecule has 192 valence electrons. The molecule has 0 aliphatic carbocycles. The van der Waals surface area contributed by atoms with Gasteiger partial charge in [0.15, 0.2) is 9.84 Å². The predicted octanol–water partition coefficient (Wildman–Crippen LogP) is 2.70. The third-order valence-corrected chi connectivity index (χ3v) is 6.51. The van der Waals surface area contributed by atoms with Gasteiger partial charge in [-0.25, -0.2) is 18.2 Å². The highest BCUT2D eigenvalue weighted by Gasteiger charge is 2.31. The van der Waals surface area contributed by atoms with Gasteiger partial charge >= 0.3 is 11.9 Å². The Kier molecular flexibility index (Phi) is 7.27. The van der Waals surface area contributed by atoms with Crippen molar-refractivity contribution < 1.29 is 21.6 Å². The molecule has 0 saturated heterocycles. The number of nitriles is 1. The minimum Gasteiger partial charge on any atom is -0.403 e. The van der Waals surface area contributed by atoms with Crippen LogP contribution in [0.5, 0.6) is 0 Å². The number of rotatable bonds is 5. The Balaban J connectivity index is 2.47. The molecule has 0 amide bonds. The molecule has 3 rings (SSSR count). The van der Waals surface area contributed by atoms with Crippen LogP contribution in [-0.4, -0.2) is 29.5 Å². The van der Waals surface area contributed by atoms with Crippen molar-refractivity contribution in [3.63, 3.8) is 0 Å². The fourth-order valence-electron chi connectivity index (χ4n) is 3.56. The summed E-state index contributed by atoms with van der Waals surface area (Å²) in [5.74, 6) is 0. The quantitative estimate of drug-likeness (QED) is 0.502. The van der Waals surface area contributed by atoms with Crippen LogP contribution in [0.1, 0.15) is 22.4 Å². The van der Waals surface area contributed by atoms with Crippen LogP contribution in [0.2, 0.25) is 0 Å². The van der Waals surface area contributed by atoms with Gasteiger partial charge < -0.3 is 5.73 Å². The Labute approximate surface area is 209 Å². The number of hydrogen-bond acceptors (Lipinski definition) is 7. The van der Waals surface area contributed by atoms with Crippen molar-refractivity contribution in [1.29, 1.82) is 5.26 Å². The summed E-state index contributed by atoms with van der Waals surface area (Å²) in [6, 6.07) is 11.4. The number of aliphatic imine (C=N–C) groups is 1. The van der Waals surface area contributed by atoms with Gasteiger partial charge in [0, 0.05) is 25.2 Å². The molecule has 1 heterocycles. The Hall–Kier alpha value is -4.44. The van der Waals surface area contributed by atoms with Crippen LogP contribution in [0, 0.1) is 18.3 Å². The molecular weight excluding hydrogens is 511 g/mol. The van der Waals surface area contributed by atoms with Gasteiger partial charge in [-0.2, -0.15) is 18.4 Å². The van der Waals surface area contributed by atoms with Gasteiger partial charge in [0.1, 0.15) is 4.91 Å². The van der Waals surface area contributed by atoms with Crippen LogP contribution in [0.3, 0.4) is 0 Å². The van der Waals surface area contributed by atoms with Gasteiger partial charge in [-0.05, 0) is 49.4 Å². The molecule has 2 N–H and O–H groups in total. The number of nitrogens with two attached hydrogens (primary N) is 1. The van der Waals surface area contributed by atoms with Crippen LogP contribution >= 0.6 is 0 Å². The zero-order valence-corrected chi connectivity index (χ0v) is 20.6. The summed E-state index contributed by atoms with van der Waals surface area (Å²) in [4.78, 5) is 30.1. The van der Waals surface area contributed by atoms with E-state index in [1.165, 1.54) is 37.3 Å². The van der Waals surface area contributed by atoms with Crippen LogP contribution in [0.25, 0.3) is 5.69 Å². The lowest BCUT2D eigenvalue weighted by Crippen LogP contribution is -2.42. The normalized spacial score (nSPS) is 12.9. The van der Waals surface area contributed by atoms with Crippen molar-refractivity contribution in [2.75, 3.05) is 6.26 Å². The van der Waals surface area contributed by atoms with Gasteiger partial charge in [0.2, 0.25) is 0 Å². The summed E-state index contributed by atoms with van der Waals surface area (Å²) in [5.41, 5.74) is 1.97. The zero-order valence-electron chi connectivity index (χ0n) is 19.7. The van der Waals surface area contributed by atoms with Crippen LogP contribution < -0.4 is 17.0 Å². The molecule has 13 heteroatoms. The largest absolute Gasteiger partial charge is 0.416 e. The van der Waals surface area contributed by atoms with Gasteiger partial charge in [0.25, 0.3) is 5.56 Å². The first-order chi connectivity index (χ1) is 17.2. The number of aromatic nitrogens is 2. The lowest BCUT2D eigenvalue weighted by molar-refractivity contribution is -0.137. The highest BCUT2D eigenvalue weighted by molar-refractivity contribution is 7.95. The second kappa shape index (κ2) is 9.90. The number of sulfone groups is 1. The van der Waals surface area contributed by atoms with E-state index >= 15 is 0 Å². The molecule has 0 radical (unpaired) electrons. The van der Waals surface area contributed by atoms with Crippen molar-refractivity contribution in [3.05, 3.63) is 103 Å². The smallest absolute Gasteiger partial charge is 0.403 e. The SMILES string of the molecule is Cc1c(C(=Nc2ccc(C#N)cc2)C(=CN)S(C)(=O)=O)c(=O)n(C)c(=O)n1-c1cccc(C(F)(F)F)c1. The summed E-state index contributed by atoms with van der Waals surface area (Å²) in [5, 5.41) is 9.02. The monoisotopic (exact) mass is 531 g/mol. The molecule has 0 atom stereocenters. The fraction of sp³-hybridized carbons (Fsp3) is 0.167. The summed E-state index contributed by atoms with van der Waals surface area (Å²) < 4.78 is 66.7. The van der Waals surface area contributed by atoms with Crippen molar-refractivity contribution >= 4 is 21.2 Å². The predicted molar refractivity (Wildman–Crippen MR) is 131 cm³/mol. The number of halogens is 3. The molecule has 9 nitrogen and oxygen atoms in total. The van der Waals surface area contributed by atoms with Crippen LogP contribution in [-0.2, 0) is 23.1 Å². The molecule has 0 saturated carbocycles. The third-order valence-electron chi connectivity index (χ3n) is 5.38. The van der Waals surface area contributed by atoms with E-state index in [-0.39, 0.29) is 22.6 Å². The lowest BCUT2D eigenvalue weighted by atomic mass is 10.1. The number of nitrogens with zero attached hydrogens (tertiary/aromatic N) is 4. The van der Waals surface area contributed by atoms with Crippen LogP contribution in [0.15, 0.2) is 74.2 Å². The average Bonchev–Trinajstić information content (AvgIpc) is 2.82. The van der Waals surface area contributed by atoms with Crippen molar-refractivity contribution in [3.8, 4) is 11.8 Å². The minimum absolute atomic E-state index is 0.148. The molecule has 0 bridgehead atoms. The Morgan fingerprint density at radius 2 is 1.76 bits per heavy atom. The van der Waals surface area contributed by atoms with E-state index in [4.69, 9.17) is 11.0 Å². The second-order valence-corrected chi connectivity index (χ2v) is 9.90. The maximum Gasteiger partial charge on any atom is 0.416 e. The van der Waals surface area contributed by atoms with Crippen molar-refractivity contribution in [2.24, 2.45) is 17.8 Å². The Morgan fingerprint density at radius 3 is 2.27 bits per heavy atom. The lowest BCUT2D eigenvalue weighted by Gasteiger charge is -2.18. The molecule has 37 heavy (non-hydrogen) atoms. The Bertz CT molecular complexity index is 1710.